The van der Waals surface area contributed by atoms with E-state index in [0.717, 1.165) is 18.1 Å². The highest BCUT2D eigenvalue weighted by atomic mass is 19.1. The van der Waals surface area contributed by atoms with Crippen molar-refractivity contribution in [1.82, 2.24) is 0 Å². The zero-order chi connectivity index (χ0) is 15.2. The molecule has 0 saturated heterocycles. The SMILES string of the molecule is CCCN(Cc1ccccc1)c1cccc(F)c1[N+](=O)[O-]. The van der Waals surface area contributed by atoms with Crippen molar-refractivity contribution in [3.05, 3.63) is 70.0 Å². The molecule has 0 unspecified atom stereocenters. The second kappa shape index (κ2) is 6.83. The van der Waals surface area contributed by atoms with Crippen molar-refractivity contribution >= 4 is 11.4 Å². The first-order chi connectivity index (χ1) is 10.1. The van der Waals surface area contributed by atoms with E-state index in [1.807, 2.05) is 42.2 Å². The van der Waals surface area contributed by atoms with Gasteiger partial charge in [0.25, 0.3) is 0 Å². The third-order valence-electron chi connectivity index (χ3n) is 3.20. The van der Waals surface area contributed by atoms with Gasteiger partial charge in [0, 0.05) is 13.1 Å². The molecular formula is C16H17FN2O2. The molecule has 0 spiro atoms. The summed E-state index contributed by atoms with van der Waals surface area (Å²) < 4.78 is 13.8. The summed E-state index contributed by atoms with van der Waals surface area (Å²) in [4.78, 5) is 12.3. The highest BCUT2D eigenvalue weighted by Crippen LogP contribution is 2.31. The molecule has 0 aliphatic carbocycles. The summed E-state index contributed by atoms with van der Waals surface area (Å²) >= 11 is 0. The first kappa shape index (κ1) is 15.0. The third-order valence-corrected chi connectivity index (χ3v) is 3.20. The van der Waals surface area contributed by atoms with Gasteiger partial charge in [0.05, 0.1) is 4.92 Å². The number of nitro groups is 1. The van der Waals surface area contributed by atoms with Crippen LogP contribution in [0.15, 0.2) is 48.5 Å². The fourth-order valence-corrected chi connectivity index (χ4v) is 2.30. The van der Waals surface area contributed by atoms with E-state index >= 15 is 0 Å². The molecule has 0 bridgehead atoms. The van der Waals surface area contributed by atoms with Gasteiger partial charge in [0.15, 0.2) is 0 Å². The molecule has 0 N–H and O–H groups in total. The van der Waals surface area contributed by atoms with Crippen molar-refractivity contribution in [3.8, 4) is 0 Å². The molecule has 110 valence electrons. The van der Waals surface area contributed by atoms with Gasteiger partial charge in [0.2, 0.25) is 5.82 Å². The molecule has 0 aliphatic rings. The molecule has 0 aliphatic heterocycles. The number of rotatable bonds is 6. The lowest BCUT2D eigenvalue weighted by Gasteiger charge is -2.24. The van der Waals surface area contributed by atoms with Crippen LogP contribution in [0, 0.1) is 15.9 Å². The molecule has 2 aromatic rings. The molecule has 21 heavy (non-hydrogen) atoms. The number of nitrogens with zero attached hydrogens (tertiary/aromatic N) is 2. The predicted molar refractivity (Wildman–Crippen MR) is 80.8 cm³/mol. The summed E-state index contributed by atoms with van der Waals surface area (Å²) in [7, 11) is 0. The van der Waals surface area contributed by atoms with E-state index in [9.17, 15) is 14.5 Å². The van der Waals surface area contributed by atoms with Crippen LogP contribution in [0.4, 0.5) is 15.8 Å². The number of hydrogen-bond donors (Lipinski definition) is 0. The number of nitro benzene ring substituents is 1. The van der Waals surface area contributed by atoms with Crippen LogP contribution < -0.4 is 4.90 Å². The van der Waals surface area contributed by atoms with Gasteiger partial charge in [-0.15, -0.1) is 0 Å². The maximum atomic E-state index is 13.8. The van der Waals surface area contributed by atoms with Crippen molar-refractivity contribution in [2.24, 2.45) is 0 Å². The number of hydrogen-bond acceptors (Lipinski definition) is 3. The van der Waals surface area contributed by atoms with Crippen LogP contribution >= 0.6 is 0 Å². The molecule has 0 amide bonds. The van der Waals surface area contributed by atoms with Crippen LogP contribution in [-0.2, 0) is 6.54 Å². The average Bonchev–Trinajstić information content (AvgIpc) is 2.47. The molecule has 0 aromatic heterocycles. The minimum atomic E-state index is -0.799. The third kappa shape index (κ3) is 3.56. The van der Waals surface area contributed by atoms with Crippen LogP contribution in [0.5, 0.6) is 0 Å². The van der Waals surface area contributed by atoms with Gasteiger partial charge in [-0.2, -0.15) is 4.39 Å². The Labute approximate surface area is 123 Å². The van der Waals surface area contributed by atoms with Crippen molar-refractivity contribution in [2.75, 3.05) is 11.4 Å². The van der Waals surface area contributed by atoms with Crippen LogP contribution in [0.25, 0.3) is 0 Å². The zero-order valence-electron chi connectivity index (χ0n) is 11.8. The van der Waals surface area contributed by atoms with E-state index in [1.54, 1.807) is 6.07 Å². The maximum Gasteiger partial charge on any atom is 0.327 e. The summed E-state index contributed by atoms with van der Waals surface area (Å²) in [5.41, 5.74) is 0.900. The summed E-state index contributed by atoms with van der Waals surface area (Å²) in [5, 5.41) is 11.1. The Morgan fingerprint density at radius 3 is 2.48 bits per heavy atom. The topological polar surface area (TPSA) is 46.4 Å². The zero-order valence-corrected chi connectivity index (χ0v) is 11.8. The van der Waals surface area contributed by atoms with E-state index in [4.69, 9.17) is 0 Å². The maximum absolute atomic E-state index is 13.8. The average molecular weight is 288 g/mol. The summed E-state index contributed by atoms with van der Waals surface area (Å²) in [6.45, 7) is 3.13. The normalized spacial score (nSPS) is 10.4. The number of halogens is 1. The Hall–Kier alpha value is -2.43. The Balaban J connectivity index is 2.39. The molecule has 0 fully saturated rings. The van der Waals surface area contributed by atoms with Crippen molar-refractivity contribution in [2.45, 2.75) is 19.9 Å². The van der Waals surface area contributed by atoms with Crippen LogP contribution in [0.2, 0.25) is 0 Å². The Morgan fingerprint density at radius 2 is 1.86 bits per heavy atom. The molecule has 5 heteroatoms. The lowest BCUT2D eigenvalue weighted by Crippen LogP contribution is -2.24. The molecule has 2 rings (SSSR count). The van der Waals surface area contributed by atoms with E-state index in [-0.39, 0.29) is 0 Å². The molecule has 2 aromatic carbocycles. The first-order valence-electron chi connectivity index (χ1n) is 6.85. The Kier molecular flexibility index (Phi) is 4.87. The quantitative estimate of drug-likeness (QED) is 0.592. The summed E-state index contributed by atoms with van der Waals surface area (Å²) in [6.07, 6.45) is 0.820. The number of para-hydroxylation sites is 1. The lowest BCUT2D eigenvalue weighted by molar-refractivity contribution is -0.386. The second-order valence-electron chi connectivity index (χ2n) is 4.77. The van der Waals surface area contributed by atoms with Crippen molar-refractivity contribution < 1.29 is 9.31 Å². The Bertz CT molecular complexity index is 617. The highest BCUT2D eigenvalue weighted by molar-refractivity contribution is 5.64. The summed E-state index contributed by atoms with van der Waals surface area (Å²) in [5.74, 6) is -0.799. The van der Waals surface area contributed by atoms with Gasteiger partial charge >= 0.3 is 5.69 Å². The van der Waals surface area contributed by atoms with Gasteiger partial charge < -0.3 is 4.90 Å². The number of anilines is 1. The van der Waals surface area contributed by atoms with E-state index < -0.39 is 16.4 Å². The van der Waals surface area contributed by atoms with Crippen LogP contribution in [-0.4, -0.2) is 11.5 Å². The monoisotopic (exact) mass is 288 g/mol. The van der Waals surface area contributed by atoms with Gasteiger partial charge in [0.1, 0.15) is 5.69 Å². The Morgan fingerprint density at radius 1 is 1.14 bits per heavy atom. The standard InChI is InChI=1S/C16H17FN2O2/c1-2-11-18(12-13-7-4-3-5-8-13)15-10-6-9-14(17)16(15)19(20)21/h3-10H,2,11-12H2,1H3. The van der Waals surface area contributed by atoms with Gasteiger partial charge in [-0.3, -0.25) is 10.1 Å². The van der Waals surface area contributed by atoms with Crippen LogP contribution in [0.1, 0.15) is 18.9 Å². The minimum Gasteiger partial charge on any atom is -0.362 e. The fraction of sp³-hybridized carbons (Fsp3) is 0.250. The van der Waals surface area contributed by atoms with Gasteiger partial charge in [-0.25, -0.2) is 0 Å². The molecule has 0 saturated carbocycles. The second-order valence-corrected chi connectivity index (χ2v) is 4.77. The molecule has 0 heterocycles. The van der Waals surface area contributed by atoms with E-state index in [2.05, 4.69) is 0 Å². The van der Waals surface area contributed by atoms with Gasteiger partial charge in [-0.05, 0) is 24.1 Å². The lowest BCUT2D eigenvalue weighted by atomic mass is 10.1. The molecule has 0 radical (unpaired) electrons. The number of benzene rings is 2. The molecule has 0 atom stereocenters. The largest absolute Gasteiger partial charge is 0.362 e. The fourth-order valence-electron chi connectivity index (χ4n) is 2.30. The van der Waals surface area contributed by atoms with Crippen molar-refractivity contribution in [1.29, 1.82) is 0 Å². The van der Waals surface area contributed by atoms with Crippen LogP contribution in [0.3, 0.4) is 0 Å². The minimum absolute atomic E-state index is 0.325. The van der Waals surface area contributed by atoms with E-state index in [1.165, 1.54) is 6.07 Å². The molecular weight excluding hydrogens is 271 g/mol. The first-order valence-corrected chi connectivity index (χ1v) is 6.85. The van der Waals surface area contributed by atoms with Crippen molar-refractivity contribution in [3.63, 3.8) is 0 Å². The molecule has 4 nitrogen and oxygen atoms in total. The smallest absolute Gasteiger partial charge is 0.327 e. The summed E-state index contributed by atoms with van der Waals surface area (Å²) in [6, 6.07) is 13.9. The van der Waals surface area contributed by atoms with E-state index in [0.29, 0.717) is 18.8 Å². The highest BCUT2D eigenvalue weighted by Gasteiger charge is 2.23. The predicted octanol–water partition coefficient (Wildman–Crippen LogP) is 4.15. The van der Waals surface area contributed by atoms with Gasteiger partial charge in [-0.1, -0.05) is 43.3 Å².